The molecule has 0 bridgehead atoms. The van der Waals surface area contributed by atoms with Crippen molar-refractivity contribution in [3.63, 3.8) is 0 Å². The third-order valence-electron chi connectivity index (χ3n) is 5.33. The Morgan fingerprint density at radius 2 is 1.71 bits per heavy atom. The van der Waals surface area contributed by atoms with Gasteiger partial charge >= 0.3 is 5.97 Å². The Morgan fingerprint density at radius 3 is 2.43 bits per heavy atom. The lowest BCUT2D eigenvalue weighted by Gasteiger charge is -2.29. The van der Waals surface area contributed by atoms with Crippen LogP contribution in [-0.4, -0.2) is 47.7 Å². The molecule has 0 radical (unpaired) electrons. The van der Waals surface area contributed by atoms with Gasteiger partial charge in [-0.3, -0.25) is 4.79 Å². The molecule has 2 heterocycles. The maximum Gasteiger partial charge on any atom is 0.335 e. The molecule has 0 saturated carbocycles. The summed E-state index contributed by atoms with van der Waals surface area (Å²) in [6.07, 6.45) is 2.65. The predicted molar refractivity (Wildman–Crippen MR) is 103 cm³/mol. The van der Waals surface area contributed by atoms with Crippen molar-refractivity contribution in [3.05, 3.63) is 64.7 Å². The zero-order valence-corrected chi connectivity index (χ0v) is 15.6. The third kappa shape index (κ3) is 4.02. The highest BCUT2D eigenvalue weighted by molar-refractivity contribution is 5.94. The molecular formula is C22H23NO5. The maximum atomic E-state index is 12.9. The number of hydrogen-bond acceptors (Lipinski definition) is 4. The number of benzene rings is 2. The van der Waals surface area contributed by atoms with Crippen molar-refractivity contribution in [2.75, 3.05) is 19.8 Å². The summed E-state index contributed by atoms with van der Waals surface area (Å²) in [5.41, 5.74) is 2.87. The number of carbonyl (C=O) groups excluding carboxylic acids is 1. The van der Waals surface area contributed by atoms with Crippen LogP contribution in [0.15, 0.2) is 42.5 Å². The SMILES string of the molecule is O=C(O)c1ccc2c(c1)CN(C(=O)c1ccc(OC3CCOCC3)cc1)CC2. The molecular weight excluding hydrogens is 358 g/mol. The van der Waals surface area contributed by atoms with Crippen LogP contribution in [0.1, 0.15) is 44.7 Å². The van der Waals surface area contributed by atoms with Crippen LogP contribution in [0.2, 0.25) is 0 Å². The number of carboxylic acids is 1. The van der Waals surface area contributed by atoms with E-state index in [2.05, 4.69) is 0 Å². The molecule has 146 valence electrons. The molecule has 6 nitrogen and oxygen atoms in total. The molecule has 4 rings (SSSR count). The minimum Gasteiger partial charge on any atom is -0.490 e. The smallest absolute Gasteiger partial charge is 0.335 e. The Balaban J connectivity index is 1.43. The summed E-state index contributed by atoms with van der Waals surface area (Å²) < 4.78 is 11.3. The van der Waals surface area contributed by atoms with Gasteiger partial charge in [-0.15, -0.1) is 0 Å². The van der Waals surface area contributed by atoms with E-state index in [0.717, 1.165) is 49.4 Å². The summed E-state index contributed by atoms with van der Waals surface area (Å²) in [4.78, 5) is 25.8. The third-order valence-corrected chi connectivity index (χ3v) is 5.33. The molecule has 1 amide bonds. The molecule has 6 heteroatoms. The van der Waals surface area contributed by atoms with E-state index < -0.39 is 5.97 Å². The van der Waals surface area contributed by atoms with Crippen molar-refractivity contribution in [3.8, 4) is 5.75 Å². The molecule has 2 aliphatic rings. The van der Waals surface area contributed by atoms with Crippen molar-refractivity contribution < 1.29 is 24.2 Å². The second-order valence-corrected chi connectivity index (χ2v) is 7.22. The summed E-state index contributed by atoms with van der Waals surface area (Å²) in [6, 6.07) is 12.4. The molecule has 1 N–H and O–H groups in total. The molecule has 0 atom stereocenters. The number of nitrogens with zero attached hydrogens (tertiary/aromatic N) is 1. The van der Waals surface area contributed by atoms with Crippen molar-refractivity contribution >= 4 is 11.9 Å². The number of amides is 1. The van der Waals surface area contributed by atoms with Gasteiger partial charge in [0, 0.05) is 31.5 Å². The van der Waals surface area contributed by atoms with Gasteiger partial charge in [-0.25, -0.2) is 4.79 Å². The van der Waals surface area contributed by atoms with Crippen LogP contribution in [0.25, 0.3) is 0 Å². The molecule has 0 aliphatic carbocycles. The van der Waals surface area contributed by atoms with Crippen molar-refractivity contribution in [2.24, 2.45) is 0 Å². The average Bonchev–Trinajstić information content (AvgIpc) is 2.73. The number of rotatable bonds is 4. The summed E-state index contributed by atoms with van der Waals surface area (Å²) in [7, 11) is 0. The fourth-order valence-electron chi connectivity index (χ4n) is 3.71. The van der Waals surface area contributed by atoms with Crippen LogP contribution in [0.3, 0.4) is 0 Å². The standard InChI is InChI=1S/C22H23NO5/c24-21(16-3-5-19(6-4-16)28-20-8-11-27-12-9-20)23-10-7-15-1-2-17(22(25)26)13-18(15)14-23/h1-6,13,20H,7-12,14H2,(H,25,26). The molecule has 1 saturated heterocycles. The maximum absolute atomic E-state index is 12.9. The van der Waals surface area contributed by atoms with Crippen molar-refractivity contribution in [2.45, 2.75) is 31.9 Å². The Bertz CT molecular complexity index is 871. The number of hydrogen-bond donors (Lipinski definition) is 1. The van der Waals surface area contributed by atoms with Crippen molar-refractivity contribution in [1.29, 1.82) is 0 Å². The van der Waals surface area contributed by atoms with Gasteiger partial charge < -0.3 is 19.5 Å². The molecule has 0 unspecified atom stereocenters. The van der Waals surface area contributed by atoms with Gasteiger partial charge in [0.15, 0.2) is 0 Å². The van der Waals surface area contributed by atoms with E-state index in [1.54, 1.807) is 29.2 Å². The fourth-order valence-corrected chi connectivity index (χ4v) is 3.71. The van der Waals surface area contributed by atoms with Crippen LogP contribution in [-0.2, 0) is 17.7 Å². The second-order valence-electron chi connectivity index (χ2n) is 7.22. The zero-order chi connectivity index (χ0) is 19.5. The van der Waals surface area contributed by atoms with Gasteiger partial charge in [-0.05, 0) is 53.9 Å². The van der Waals surface area contributed by atoms with Gasteiger partial charge in [0.05, 0.1) is 18.8 Å². The van der Waals surface area contributed by atoms with E-state index in [0.29, 0.717) is 18.7 Å². The van der Waals surface area contributed by atoms with Gasteiger partial charge in [0.2, 0.25) is 0 Å². The van der Waals surface area contributed by atoms with Gasteiger partial charge in [-0.1, -0.05) is 6.07 Å². The highest BCUT2D eigenvalue weighted by atomic mass is 16.5. The largest absolute Gasteiger partial charge is 0.490 e. The number of carbonyl (C=O) groups is 2. The zero-order valence-electron chi connectivity index (χ0n) is 15.6. The van der Waals surface area contributed by atoms with E-state index in [1.165, 1.54) is 0 Å². The lowest BCUT2D eigenvalue weighted by molar-refractivity contribution is 0.0255. The van der Waals surface area contributed by atoms with Crippen LogP contribution in [0, 0.1) is 0 Å². The summed E-state index contributed by atoms with van der Waals surface area (Å²) >= 11 is 0. The normalized spacial score (nSPS) is 17.1. The molecule has 28 heavy (non-hydrogen) atoms. The minimum absolute atomic E-state index is 0.0519. The first kappa shape index (κ1) is 18.5. The van der Waals surface area contributed by atoms with Gasteiger partial charge in [-0.2, -0.15) is 0 Å². The van der Waals surface area contributed by atoms with Crippen LogP contribution in [0.4, 0.5) is 0 Å². The fraction of sp³-hybridized carbons (Fsp3) is 0.364. The van der Waals surface area contributed by atoms with E-state index in [4.69, 9.17) is 9.47 Å². The number of ether oxygens (including phenoxy) is 2. The Kier molecular flexibility index (Phi) is 5.30. The highest BCUT2D eigenvalue weighted by Crippen LogP contribution is 2.23. The highest BCUT2D eigenvalue weighted by Gasteiger charge is 2.23. The minimum atomic E-state index is -0.952. The topological polar surface area (TPSA) is 76.1 Å². The molecule has 0 aromatic heterocycles. The number of carboxylic acid groups (broad SMARTS) is 1. The van der Waals surface area contributed by atoms with Gasteiger partial charge in [0.1, 0.15) is 11.9 Å². The Labute approximate surface area is 163 Å². The van der Waals surface area contributed by atoms with E-state index in [9.17, 15) is 14.7 Å². The van der Waals surface area contributed by atoms with E-state index >= 15 is 0 Å². The molecule has 2 aromatic carbocycles. The molecule has 0 spiro atoms. The Morgan fingerprint density at radius 1 is 1.00 bits per heavy atom. The number of aromatic carboxylic acids is 1. The quantitative estimate of drug-likeness (QED) is 0.881. The first-order chi connectivity index (χ1) is 13.6. The van der Waals surface area contributed by atoms with Crippen molar-refractivity contribution in [1.82, 2.24) is 4.90 Å². The van der Waals surface area contributed by atoms with Gasteiger partial charge in [0.25, 0.3) is 5.91 Å². The lowest BCUT2D eigenvalue weighted by Crippen LogP contribution is -2.36. The second kappa shape index (κ2) is 8.02. The molecule has 2 aliphatic heterocycles. The van der Waals surface area contributed by atoms with Crippen LogP contribution < -0.4 is 4.74 Å². The van der Waals surface area contributed by atoms with E-state index in [-0.39, 0.29) is 17.6 Å². The summed E-state index contributed by atoms with van der Waals surface area (Å²) in [5.74, 6) is -0.242. The summed E-state index contributed by atoms with van der Waals surface area (Å²) in [6.45, 7) is 2.50. The molecule has 1 fully saturated rings. The first-order valence-electron chi connectivity index (χ1n) is 9.59. The Hall–Kier alpha value is -2.86. The first-order valence-corrected chi connectivity index (χ1v) is 9.59. The predicted octanol–water partition coefficient (Wildman–Crippen LogP) is 3.14. The number of fused-ring (bicyclic) bond motifs is 1. The van der Waals surface area contributed by atoms with Crippen LogP contribution in [0.5, 0.6) is 5.75 Å². The lowest BCUT2D eigenvalue weighted by atomic mass is 9.97. The van der Waals surface area contributed by atoms with Crippen LogP contribution >= 0.6 is 0 Å². The average molecular weight is 381 g/mol. The summed E-state index contributed by atoms with van der Waals surface area (Å²) in [5, 5.41) is 9.18. The molecule has 2 aromatic rings. The monoisotopic (exact) mass is 381 g/mol. The van der Waals surface area contributed by atoms with E-state index in [1.807, 2.05) is 18.2 Å².